The van der Waals surface area contributed by atoms with Gasteiger partial charge in [-0.3, -0.25) is 0 Å². The van der Waals surface area contributed by atoms with Crippen molar-refractivity contribution in [1.82, 2.24) is 4.98 Å². The van der Waals surface area contributed by atoms with Crippen molar-refractivity contribution >= 4 is 29.1 Å². The van der Waals surface area contributed by atoms with E-state index in [-0.39, 0.29) is 12.4 Å². The highest BCUT2D eigenvalue weighted by Crippen LogP contribution is 2.38. The Morgan fingerprint density at radius 2 is 1.86 bits per heavy atom. The zero-order chi connectivity index (χ0) is 15.8. The molecule has 1 aromatic heterocycles. The maximum absolute atomic E-state index is 9.84. The van der Waals surface area contributed by atoms with Crippen molar-refractivity contribution in [1.29, 1.82) is 0 Å². The smallest absolute Gasteiger partial charge is 0.492 e. The van der Waals surface area contributed by atoms with E-state index in [4.69, 9.17) is 9.31 Å². The van der Waals surface area contributed by atoms with Gasteiger partial charge in [0, 0.05) is 0 Å². The summed E-state index contributed by atoms with van der Waals surface area (Å²) in [4.78, 5) is 4.17. The summed E-state index contributed by atoms with van der Waals surface area (Å²) in [5, 5.41) is 19.4. The van der Waals surface area contributed by atoms with Gasteiger partial charge in [0.15, 0.2) is 0 Å². The number of pyridine rings is 1. The second kappa shape index (κ2) is 5.72. The van der Waals surface area contributed by atoms with Crippen molar-refractivity contribution in [3.05, 3.63) is 27.9 Å². The molecule has 1 aliphatic rings. The Labute approximate surface area is 133 Å². The average molecular weight is 356 g/mol. The summed E-state index contributed by atoms with van der Waals surface area (Å²) in [7, 11) is -0.666. The van der Waals surface area contributed by atoms with Gasteiger partial charge in [-0.05, 0) is 67.3 Å². The largest absolute Gasteiger partial charge is 0.506 e. The molecular formula is C14H19BBrNO4. The first-order chi connectivity index (χ1) is 9.66. The molecular weight excluding hydrogens is 337 g/mol. The number of aromatic hydroxyl groups is 1. The van der Waals surface area contributed by atoms with Gasteiger partial charge in [-0.15, -0.1) is 0 Å². The fourth-order valence-corrected chi connectivity index (χ4v) is 2.23. The van der Waals surface area contributed by atoms with Crippen LogP contribution in [0, 0.1) is 0 Å². The second-order valence-electron chi connectivity index (χ2n) is 6.00. The van der Waals surface area contributed by atoms with Gasteiger partial charge < -0.3 is 19.5 Å². The van der Waals surface area contributed by atoms with E-state index in [1.807, 2.05) is 27.7 Å². The van der Waals surface area contributed by atoms with Gasteiger partial charge in [0.2, 0.25) is 0 Å². The molecule has 2 rings (SSSR count). The first kappa shape index (κ1) is 16.5. The Balaban J connectivity index is 2.33. The van der Waals surface area contributed by atoms with Gasteiger partial charge in [-0.25, -0.2) is 4.98 Å². The third-order valence-corrected chi connectivity index (χ3v) is 4.37. The van der Waals surface area contributed by atoms with E-state index >= 15 is 0 Å². The van der Waals surface area contributed by atoms with Crippen LogP contribution in [0.2, 0.25) is 0 Å². The molecule has 1 fully saturated rings. The van der Waals surface area contributed by atoms with E-state index < -0.39 is 18.3 Å². The van der Waals surface area contributed by atoms with Crippen LogP contribution < -0.4 is 0 Å². The van der Waals surface area contributed by atoms with E-state index in [2.05, 4.69) is 20.9 Å². The van der Waals surface area contributed by atoms with E-state index in [9.17, 15) is 10.2 Å². The number of rotatable bonds is 3. The van der Waals surface area contributed by atoms with E-state index in [1.165, 1.54) is 6.07 Å². The molecule has 1 aromatic rings. The van der Waals surface area contributed by atoms with Crippen LogP contribution in [0.3, 0.4) is 0 Å². The molecule has 0 bridgehead atoms. The van der Waals surface area contributed by atoms with Crippen LogP contribution >= 0.6 is 15.9 Å². The number of aromatic nitrogens is 1. The number of aliphatic hydroxyl groups excluding tert-OH is 1. The highest BCUT2D eigenvalue weighted by molar-refractivity contribution is 9.10. The van der Waals surface area contributed by atoms with Crippen LogP contribution in [0.1, 0.15) is 33.4 Å². The van der Waals surface area contributed by atoms with Gasteiger partial charge >= 0.3 is 7.12 Å². The fraction of sp³-hybridized carbons (Fsp3) is 0.500. The van der Waals surface area contributed by atoms with Gasteiger partial charge in [0.25, 0.3) is 0 Å². The minimum absolute atomic E-state index is 0.0284. The molecule has 0 amide bonds. The molecule has 114 valence electrons. The number of aliphatic hydroxyl groups is 1. The molecule has 0 atom stereocenters. The zero-order valence-electron chi connectivity index (χ0n) is 12.6. The first-order valence-corrected chi connectivity index (χ1v) is 7.48. The van der Waals surface area contributed by atoms with Crippen LogP contribution in [-0.4, -0.2) is 40.1 Å². The van der Waals surface area contributed by atoms with Crippen molar-refractivity contribution in [2.75, 3.05) is 6.61 Å². The highest BCUT2D eigenvalue weighted by Gasteiger charge is 2.52. The summed E-state index contributed by atoms with van der Waals surface area (Å²) in [5.41, 5.74) is -0.116. The quantitative estimate of drug-likeness (QED) is 0.644. The lowest BCUT2D eigenvalue weighted by molar-refractivity contribution is 0.00578. The molecule has 21 heavy (non-hydrogen) atoms. The summed E-state index contributed by atoms with van der Waals surface area (Å²) < 4.78 is 12.4. The topological polar surface area (TPSA) is 71.8 Å². The second-order valence-corrected chi connectivity index (χ2v) is 6.82. The molecule has 1 aliphatic heterocycles. The Bertz CT molecular complexity index is 558. The summed E-state index contributed by atoms with van der Waals surface area (Å²) in [6.07, 6.45) is 1.59. The molecule has 0 unspecified atom stereocenters. The van der Waals surface area contributed by atoms with Crippen LogP contribution in [-0.2, 0) is 9.31 Å². The molecule has 0 radical (unpaired) electrons. The SMILES string of the molecule is CC1(C)OB(C(=Cc2nc(Br)ccc2O)CO)OC1(C)C. The van der Waals surface area contributed by atoms with Crippen molar-refractivity contribution in [3.63, 3.8) is 0 Å². The zero-order valence-corrected chi connectivity index (χ0v) is 14.1. The lowest BCUT2D eigenvalue weighted by Gasteiger charge is -2.32. The molecule has 0 saturated carbocycles. The Hall–Kier alpha value is -0.885. The third kappa shape index (κ3) is 3.31. The lowest BCUT2D eigenvalue weighted by atomic mass is 9.78. The van der Waals surface area contributed by atoms with Crippen LogP contribution in [0.5, 0.6) is 5.75 Å². The minimum atomic E-state index is -0.666. The molecule has 5 nitrogen and oxygen atoms in total. The van der Waals surface area contributed by atoms with E-state index in [1.54, 1.807) is 12.1 Å². The highest BCUT2D eigenvalue weighted by atomic mass is 79.9. The summed E-state index contributed by atoms with van der Waals surface area (Å²) in [6, 6.07) is 3.17. The standard InChI is InChI=1S/C14H19BBrNO4/c1-13(2)14(3,4)21-15(20-13)9(8-18)7-10-11(19)5-6-12(16)17-10/h5-7,18-19H,8H2,1-4H3. The molecule has 0 aliphatic carbocycles. The Kier molecular flexibility index (Phi) is 4.49. The summed E-state index contributed by atoms with van der Waals surface area (Å²) in [5.74, 6) is 0.0284. The summed E-state index contributed by atoms with van der Waals surface area (Å²) in [6.45, 7) is 7.52. The minimum Gasteiger partial charge on any atom is -0.506 e. The van der Waals surface area contributed by atoms with E-state index in [0.29, 0.717) is 15.8 Å². The predicted molar refractivity (Wildman–Crippen MR) is 84.7 cm³/mol. The van der Waals surface area contributed by atoms with Crippen molar-refractivity contribution in [2.45, 2.75) is 38.9 Å². The molecule has 0 aromatic carbocycles. The van der Waals surface area contributed by atoms with Crippen LogP contribution in [0.25, 0.3) is 6.08 Å². The van der Waals surface area contributed by atoms with E-state index in [0.717, 1.165) is 0 Å². The van der Waals surface area contributed by atoms with Gasteiger partial charge in [-0.2, -0.15) is 0 Å². The van der Waals surface area contributed by atoms with Crippen molar-refractivity contribution in [3.8, 4) is 5.75 Å². The Morgan fingerprint density at radius 3 is 2.38 bits per heavy atom. The molecule has 7 heteroatoms. The van der Waals surface area contributed by atoms with Crippen LogP contribution in [0.4, 0.5) is 0 Å². The third-order valence-electron chi connectivity index (χ3n) is 3.93. The number of hydrogen-bond donors (Lipinski definition) is 2. The van der Waals surface area contributed by atoms with Gasteiger partial charge in [-0.1, -0.05) is 0 Å². The number of halogens is 1. The number of nitrogens with zero attached hydrogens (tertiary/aromatic N) is 1. The Morgan fingerprint density at radius 1 is 1.29 bits per heavy atom. The van der Waals surface area contributed by atoms with Gasteiger partial charge in [0.1, 0.15) is 16.0 Å². The maximum Gasteiger partial charge on any atom is 0.492 e. The normalized spacial score (nSPS) is 20.9. The van der Waals surface area contributed by atoms with Crippen molar-refractivity contribution < 1.29 is 19.5 Å². The number of hydrogen-bond acceptors (Lipinski definition) is 5. The monoisotopic (exact) mass is 355 g/mol. The lowest BCUT2D eigenvalue weighted by Crippen LogP contribution is -2.41. The first-order valence-electron chi connectivity index (χ1n) is 6.69. The summed E-state index contributed by atoms with van der Waals surface area (Å²) >= 11 is 3.25. The fourth-order valence-electron chi connectivity index (χ4n) is 1.91. The van der Waals surface area contributed by atoms with Gasteiger partial charge in [0.05, 0.1) is 17.8 Å². The maximum atomic E-state index is 9.84. The molecule has 2 heterocycles. The van der Waals surface area contributed by atoms with Crippen LogP contribution in [0.15, 0.2) is 22.2 Å². The molecule has 2 N–H and O–H groups in total. The molecule has 0 spiro atoms. The molecule has 1 saturated heterocycles. The average Bonchev–Trinajstić information content (AvgIpc) is 2.59. The predicted octanol–water partition coefficient (Wildman–Crippen LogP) is 2.56. The van der Waals surface area contributed by atoms with Crippen molar-refractivity contribution in [2.24, 2.45) is 0 Å².